The number of amides is 2. The van der Waals surface area contributed by atoms with Gasteiger partial charge in [-0.3, -0.25) is 9.59 Å². The van der Waals surface area contributed by atoms with E-state index >= 15 is 0 Å². The molecule has 1 heterocycles. The van der Waals surface area contributed by atoms with Crippen LogP contribution < -0.4 is 10.6 Å². The zero-order chi connectivity index (χ0) is 19.3. The van der Waals surface area contributed by atoms with Crippen LogP contribution in [0.25, 0.3) is 0 Å². The number of halogens is 2. The number of carbonyl (C=O) groups is 2. The highest BCUT2D eigenvalue weighted by atomic mass is 19.1. The van der Waals surface area contributed by atoms with Crippen LogP contribution in [-0.4, -0.2) is 24.0 Å². The molecule has 0 saturated heterocycles. The fraction of sp³-hybridized carbons (Fsp3) is 0.444. The lowest BCUT2D eigenvalue weighted by Gasteiger charge is -2.13. The van der Waals surface area contributed by atoms with Gasteiger partial charge in [0.15, 0.2) is 5.66 Å². The number of nitrogens with one attached hydrogen (secondary N) is 2. The molecule has 2 N–H and O–H groups in total. The van der Waals surface area contributed by atoms with Gasteiger partial charge in [-0.2, -0.15) is 10.2 Å². The number of terminal acetylenes is 1. The molecular formula is C18H20F2N4O2. The molecule has 0 aliphatic carbocycles. The summed E-state index contributed by atoms with van der Waals surface area (Å²) >= 11 is 0. The molecule has 0 saturated carbocycles. The first-order chi connectivity index (χ1) is 12.3. The van der Waals surface area contributed by atoms with Crippen molar-refractivity contribution in [2.75, 3.05) is 11.9 Å². The summed E-state index contributed by atoms with van der Waals surface area (Å²) in [7, 11) is 0. The van der Waals surface area contributed by atoms with Crippen LogP contribution in [0, 0.1) is 29.9 Å². The Hall–Kier alpha value is -2.82. The Kier molecular flexibility index (Phi) is 6.03. The number of hydrogen-bond acceptors (Lipinski definition) is 4. The number of anilines is 1. The van der Waals surface area contributed by atoms with Crippen molar-refractivity contribution in [2.45, 2.75) is 38.8 Å². The van der Waals surface area contributed by atoms with Crippen LogP contribution in [0.1, 0.15) is 43.5 Å². The molecule has 0 fully saturated rings. The molecule has 1 aromatic rings. The maximum atomic E-state index is 13.9. The Morgan fingerprint density at radius 1 is 1.23 bits per heavy atom. The van der Waals surface area contributed by atoms with E-state index in [1.165, 1.54) is 0 Å². The van der Waals surface area contributed by atoms with Crippen LogP contribution >= 0.6 is 0 Å². The second kappa shape index (κ2) is 8.04. The molecule has 2 amide bonds. The first-order valence-corrected chi connectivity index (χ1v) is 8.23. The van der Waals surface area contributed by atoms with Gasteiger partial charge in [-0.15, -0.1) is 12.3 Å². The summed E-state index contributed by atoms with van der Waals surface area (Å²) in [6.07, 6.45) is 6.76. The Morgan fingerprint density at radius 3 is 2.50 bits per heavy atom. The summed E-state index contributed by atoms with van der Waals surface area (Å²) in [5.41, 5.74) is -1.15. The van der Waals surface area contributed by atoms with Gasteiger partial charge in [0.05, 0.1) is 11.3 Å². The van der Waals surface area contributed by atoms with Gasteiger partial charge >= 0.3 is 0 Å². The minimum atomic E-state index is -1.01. The molecule has 1 aliphatic heterocycles. The molecule has 0 atom stereocenters. The molecule has 0 spiro atoms. The Balaban J connectivity index is 1.99. The van der Waals surface area contributed by atoms with E-state index in [4.69, 9.17) is 6.42 Å². The van der Waals surface area contributed by atoms with Gasteiger partial charge in [0.25, 0.3) is 5.91 Å². The number of benzene rings is 1. The van der Waals surface area contributed by atoms with Crippen molar-refractivity contribution in [1.82, 2.24) is 5.32 Å². The fourth-order valence-electron chi connectivity index (χ4n) is 2.24. The van der Waals surface area contributed by atoms with Gasteiger partial charge in [0, 0.05) is 37.8 Å². The molecule has 0 bridgehead atoms. The normalized spacial score (nSPS) is 14.0. The van der Waals surface area contributed by atoms with E-state index in [2.05, 4.69) is 26.8 Å². The van der Waals surface area contributed by atoms with Crippen LogP contribution in [-0.2, 0) is 4.79 Å². The van der Waals surface area contributed by atoms with Crippen LogP contribution in [0.2, 0.25) is 0 Å². The van der Waals surface area contributed by atoms with E-state index in [1.54, 1.807) is 13.8 Å². The lowest BCUT2D eigenvalue weighted by molar-refractivity contribution is -0.118. The summed E-state index contributed by atoms with van der Waals surface area (Å²) in [5, 5.41) is 12.8. The van der Waals surface area contributed by atoms with Gasteiger partial charge in [0.2, 0.25) is 5.91 Å². The second-order valence-corrected chi connectivity index (χ2v) is 6.35. The topological polar surface area (TPSA) is 82.9 Å². The average molecular weight is 362 g/mol. The molecule has 2 rings (SSSR count). The van der Waals surface area contributed by atoms with Crippen molar-refractivity contribution in [2.24, 2.45) is 16.1 Å². The van der Waals surface area contributed by atoms with Crippen molar-refractivity contribution >= 4 is 17.5 Å². The highest BCUT2D eigenvalue weighted by molar-refractivity contribution is 5.97. The standard InChI is InChI=1S/C18H20F2N4O2/c1-4-5-6-18(23-24-18)7-8-21-17(26)12-9-15(14(20)10-13(12)19)22-16(25)11(2)3/h1,9-11H,5-8H2,2-3H3,(H,21,26)(H,22,25). The average Bonchev–Trinajstić information content (AvgIpc) is 3.35. The van der Waals surface area contributed by atoms with Gasteiger partial charge in [-0.1, -0.05) is 13.8 Å². The highest BCUT2D eigenvalue weighted by Gasteiger charge is 2.38. The van der Waals surface area contributed by atoms with E-state index in [-0.39, 0.29) is 23.7 Å². The monoisotopic (exact) mass is 362 g/mol. The van der Waals surface area contributed by atoms with Gasteiger partial charge < -0.3 is 10.6 Å². The predicted octanol–water partition coefficient (Wildman–Crippen LogP) is 3.25. The van der Waals surface area contributed by atoms with E-state index in [0.717, 1.165) is 6.07 Å². The molecule has 0 aromatic heterocycles. The molecule has 6 nitrogen and oxygen atoms in total. The second-order valence-electron chi connectivity index (χ2n) is 6.35. The van der Waals surface area contributed by atoms with Crippen molar-refractivity contribution in [3.8, 4) is 12.3 Å². The molecule has 26 heavy (non-hydrogen) atoms. The molecule has 138 valence electrons. The maximum absolute atomic E-state index is 13.9. The lowest BCUT2D eigenvalue weighted by Crippen LogP contribution is -2.29. The molecule has 1 aromatic carbocycles. The molecule has 0 radical (unpaired) electrons. The Labute approximate surface area is 150 Å². The SMILES string of the molecule is C#CCCC1(CCNC(=O)c2cc(NC(=O)C(C)C)c(F)cc2F)N=N1. The number of rotatable bonds is 8. The molecule has 8 heteroatoms. The van der Waals surface area contributed by atoms with Crippen LogP contribution in [0.15, 0.2) is 22.4 Å². The van der Waals surface area contributed by atoms with Crippen molar-refractivity contribution in [1.29, 1.82) is 0 Å². The van der Waals surface area contributed by atoms with Crippen LogP contribution in [0.4, 0.5) is 14.5 Å². The maximum Gasteiger partial charge on any atom is 0.254 e. The number of nitrogens with zero attached hydrogens (tertiary/aromatic N) is 2. The third-order valence-corrected chi connectivity index (χ3v) is 3.95. The Morgan fingerprint density at radius 2 is 1.92 bits per heavy atom. The minimum Gasteiger partial charge on any atom is -0.352 e. The highest BCUT2D eigenvalue weighted by Crippen LogP contribution is 2.36. The van der Waals surface area contributed by atoms with E-state index in [9.17, 15) is 18.4 Å². The van der Waals surface area contributed by atoms with E-state index < -0.39 is 29.1 Å². The first-order valence-electron chi connectivity index (χ1n) is 8.23. The number of carbonyl (C=O) groups excluding carboxylic acids is 2. The zero-order valence-corrected chi connectivity index (χ0v) is 14.6. The number of hydrogen-bond donors (Lipinski definition) is 2. The van der Waals surface area contributed by atoms with E-state index in [1.807, 2.05) is 0 Å². The molecular weight excluding hydrogens is 342 g/mol. The molecule has 0 unspecified atom stereocenters. The lowest BCUT2D eigenvalue weighted by atomic mass is 10.0. The zero-order valence-electron chi connectivity index (χ0n) is 14.6. The third-order valence-electron chi connectivity index (χ3n) is 3.95. The quantitative estimate of drug-likeness (QED) is 0.696. The van der Waals surface area contributed by atoms with Crippen molar-refractivity contribution in [3.63, 3.8) is 0 Å². The third kappa shape index (κ3) is 4.85. The van der Waals surface area contributed by atoms with Gasteiger partial charge in [-0.05, 0) is 6.07 Å². The summed E-state index contributed by atoms with van der Waals surface area (Å²) < 4.78 is 27.8. The smallest absolute Gasteiger partial charge is 0.254 e. The van der Waals surface area contributed by atoms with Crippen molar-refractivity contribution in [3.05, 3.63) is 29.3 Å². The first kappa shape index (κ1) is 19.5. The summed E-state index contributed by atoms with van der Waals surface area (Å²) in [6, 6.07) is 1.56. The molecule has 1 aliphatic rings. The van der Waals surface area contributed by atoms with E-state index in [0.29, 0.717) is 25.3 Å². The minimum absolute atomic E-state index is 0.209. The largest absolute Gasteiger partial charge is 0.352 e. The summed E-state index contributed by atoms with van der Waals surface area (Å²) in [4.78, 5) is 23.9. The summed E-state index contributed by atoms with van der Waals surface area (Å²) in [6.45, 7) is 3.48. The van der Waals surface area contributed by atoms with Crippen LogP contribution in [0.5, 0.6) is 0 Å². The fourth-order valence-corrected chi connectivity index (χ4v) is 2.24. The van der Waals surface area contributed by atoms with Crippen LogP contribution in [0.3, 0.4) is 0 Å². The van der Waals surface area contributed by atoms with Gasteiger partial charge in [-0.25, -0.2) is 8.78 Å². The van der Waals surface area contributed by atoms with Crippen molar-refractivity contribution < 1.29 is 18.4 Å². The Bertz CT molecular complexity index is 778. The predicted molar refractivity (Wildman–Crippen MR) is 92.4 cm³/mol. The summed E-state index contributed by atoms with van der Waals surface area (Å²) in [5.74, 6) is -0.988. The van der Waals surface area contributed by atoms with Gasteiger partial charge in [0.1, 0.15) is 11.6 Å².